The summed E-state index contributed by atoms with van der Waals surface area (Å²) in [6.45, 7) is -3.05. The number of carbonyl (C=O) groups excluding carboxylic acids is 1. The Morgan fingerprint density at radius 1 is 1.36 bits per heavy atom. The van der Waals surface area contributed by atoms with Crippen LogP contribution in [0.1, 0.15) is 36.1 Å². The van der Waals surface area contributed by atoms with Gasteiger partial charge in [0, 0.05) is 30.5 Å². The average Bonchev–Trinajstić information content (AvgIpc) is 3.12. The van der Waals surface area contributed by atoms with E-state index in [0.29, 0.717) is 23.3 Å². The molecular weight excluding hydrogens is 571 g/mol. The molecule has 1 amide bonds. The number of alkyl halides is 5. The molecule has 0 bridgehead atoms. The lowest BCUT2D eigenvalue weighted by molar-refractivity contribution is -0.119. The second-order valence-electron chi connectivity index (χ2n) is 9.64. The van der Waals surface area contributed by atoms with Crippen LogP contribution in [0.15, 0.2) is 20.9 Å². The largest absolute Gasteiger partial charge is 0.415 e. The quantitative estimate of drug-likeness (QED) is 0.337. The van der Waals surface area contributed by atoms with Gasteiger partial charge < -0.3 is 10.1 Å². The Morgan fingerprint density at radius 2 is 2.08 bits per heavy atom. The van der Waals surface area contributed by atoms with Crippen molar-refractivity contribution in [3.63, 3.8) is 0 Å². The standard InChI is InChI=1S/C22H23F5N6O4S2/c1-33-16(7-17(31-33)37-21(24)25)29-9-28-11-2-3-15-13(6-11)18(39(35,36)32-12-4-10(23)5-12)20(38-15)30-19(34)14-8-22(14,26)27/h7,10-12,14,21,32H,2-6,8H2,1H3,(H,30,34)/t10-,11-,12+,14?/m0/s1. The minimum atomic E-state index is -4.23. The molecule has 2 heterocycles. The number of carbonyl (C=O) groups is 1. The first-order valence-electron chi connectivity index (χ1n) is 12.0. The number of hydrogen-bond acceptors (Lipinski definition) is 8. The summed E-state index contributed by atoms with van der Waals surface area (Å²) in [6.07, 6.45) is -0.683. The highest BCUT2D eigenvalue weighted by Crippen LogP contribution is 2.50. The van der Waals surface area contributed by atoms with Crippen LogP contribution in [-0.2, 0) is 34.7 Å². The van der Waals surface area contributed by atoms with E-state index in [4.69, 9.17) is 0 Å². The van der Waals surface area contributed by atoms with Gasteiger partial charge in [-0.2, -0.15) is 13.8 Å². The molecule has 0 radical (unpaired) electrons. The normalized spacial score (nSPS) is 25.3. The van der Waals surface area contributed by atoms with Gasteiger partial charge in [-0.15, -0.1) is 16.4 Å². The first kappa shape index (κ1) is 27.7. The molecule has 3 aliphatic carbocycles. The number of sulfonamides is 1. The fraction of sp³-hybridized carbons (Fsp3) is 0.591. The van der Waals surface area contributed by atoms with Crippen LogP contribution in [0, 0.1) is 5.92 Å². The third-order valence-corrected chi connectivity index (χ3v) is 9.65. The molecular formula is C22H23F5N6O4S2. The zero-order valence-corrected chi connectivity index (χ0v) is 22.0. The number of thiophene rings is 1. The lowest BCUT2D eigenvalue weighted by atomic mass is 9.92. The highest BCUT2D eigenvalue weighted by atomic mass is 32.2. The molecule has 0 aliphatic heterocycles. The summed E-state index contributed by atoms with van der Waals surface area (Å²) in [6, 6.07) is 2.58. The number of aromatic nitrogens is 2. The van der Waals surface area contributed by atoms with Crippen LogP contribution in [0.25, 0.3) is 0 Å². The number of hydrogen-bond donors (Lipinski definition) is 2. The Labute approximate surface area is 223 Å². The molecule has 0 spiro atoms. The van der Waals surface area contributed by atoms with Crippen molar-refractivity contribution in [3.8, 4) is 5.88 Å². The van der Waals surface area contributed by atoms with Crippen LogP contribution < -0.4 is 14.8 Å². The number of aliphatic imine (C=N–C) groups is 2. The van der Waals surface area contributed by atoms with Crippen molar-refractivity contribution in [1.82, 2.24) is 14.5 Å². The molecule has 2 N–H and O–H groups in total. The molecule has 0 saturated heterocycles. The van der Waals surface area contributed by atoms with E-state index >= 15 is 0 Å². The number of aryl methyl sites for hydroxylation is 2. The van der Waals surface area contributed by atoms with Gasteiger partial charge >= 0.3 is 6.61 Å². The SMILES string of the molecule is Cn1nc(OC(F)F)cc1N=C=N[C@H]1CCc2sc(NC(=O)C3CC3(F)F)c(S(=O)(=O)N[C@H]3C[C@@H](F)C3)c2C1. The molecule has 3 aliphatic rings. The average molecular weight is 595 g/mol. The summed E-state index contributed by atoms with van der Waals surface area (Å²) >= 11 is 1.01. The van der Waals surface area contributed by atoms with Crippen molar-refractivity contribution in [2.45, 2.75) is 74.2 Å². The van der Waals surface area contributed by atoms with E-state index in [-0.39, 0.29) is 40.9 Å². The van der Waals surface area contributed by atoms with E-state index in [2.05, 4.69) is 35.9 Å². The summed E-state index contributed by atoms with van der Waals surface area (Å²) < 4.78 is 99.6. The van der Waals surface area contributed by atoms with E-state index in [1.54, 1.807) is 0 Å². The number of nitrogens with zero attached hydrogens (tertiary/aromatic N) is 4. The van der Waals surface area contributed by atoms with E-state index in [1.807, 2.05) is 0 Å². The molecule has 212 valence electrons. The van der Waals surface area contributed by atoms with E-state index in [9.17, 15) is 35.2 Å². The summed E-state index contributed by atoms with van der Waals surface area (Å²) in [5.74, 6) is -5.80. The van der Waals surface area contributed by atoms with Gasteiger partial charge in [-0.3, -0.25) is 4.79 Å². The highest BCUT2D eigenvalue weighted by Gasteiger charge is 2.61. The van der Waals surface area contributed by atoms with E-state index < -0.39 is 59.1 Å². The van der Waals surface area contributed by atoms with Gasteiger partial charge in [0.15, 0.2) is 5.82 Å². The third-order valence-electron chi connectivity index (χ3n) is 6.68. The number of fused-ring (bicyclic) bond motifs is 1. The maximum atomic E-state index is 13.4. The van der Waals surface area contributed by atoms with Gasteiger partial charge in [0.1, 0.15) is 22.0 Å². The molecule has 2 fully saturated rings. The summed E-state index contributed by atoms with van der Waals surface area (Å²) in [5, 5.41) is 6.06. The number of anilines is 1. The first-order chi connectivity index (χ1) is 18.3. The van der Waals surface area contributed by atoms with Crippen molar-refractivity contribution >= 4 is 44.1 Å². The van der Waals surface area contributed by atoms with E-state index in [0.717, 1.165) is 11.3 Å². The van der Waals surface area contributed by atoms with Gasteiger partial charge in [0.25, 0.3) is 5.92 Å². The third kappa shape index (κ3) is 6.00. The molecule has 0 aromatic carbocycles. The number of amides is 1. The highest BCUT2D eigenvalue weighted by molar-refractivity contribution is 7.90. The Morgan fingerprint density at radius 3 is 2.72 bits per heavy atom. The molecule has 10 nitrogen and oxygen atoms in total. The lowest BCUT2D eigenvalue weighted by Gasteiger charge is -2.30. The molecule has 17 heteroatoms. The van der Waals surface area contributed by atoms with E-state index in [1.165, 1.54) is 17.8 Å². The van der Waals surface area contributed by atoms with Crippen LogP contribution in [-0.4, -0.2) is 60.9 Å². The van der Waals surface area contributed by atoms with Crippen LogP contribution in [0.2, 0.25) is 0 Å². The number of rotatable bonds is 9. The summed E-state index contributed by atoms with van der Waals surface area (Å²) in [4.78, 5) is 21.1. The number of ether oxygens (including phenoxy) is 1. The fourth-order valence-corrected chi connectivity index (χ4v) is 7.72. The molecule has 39 heavy (non-hydrogen) atoms. The number of halogens is 5. The minimum Gasteiger partial charge on any atom is -0.415 e. The molecule has 2 aromatic rings. The maximum Gasteiger partial charge on any atom is 0.388 e. The molecule has 5 rings (SSSR count). The smallest absolute Gasteiger partial charge is 0.388 e. The predicted octanol–water partition coefficient (Wildman–Crippen LogP) is 3.82. The Bertz CT molecular complexity index is 1450. The van der Waals surface area contributed by atoms with Gasteiger partial charge in [0.2, 0.25) is 21.8 Å². The van der Waals surface area contributed by atoms with Crippen molar-refractivity contribution in [3.05, 3.63) is 16.5 Å². The Balaban J connectivity index is 1.39. The van der Waals surface area contributed by atoms with Crippen LogP contribution in [0.3, 0.4) is 0 Å². The minimum absolute atomic E-state index is 0.0169. The van der Waals surface area contributed by atoms with Gasteiger partial charge in [-0.25, -0.2) is 36.0 Å². The fourth-order valence-electron chi connectivity index (χ4n) is 4.48. The molecule has 2 atom stereocenters. The zero-order valence-electron chi connectivity index (χ0n) is 20.3. The summed E-state index contributed by atoms with van der Waals surface area (Å²) in [5.41, 5.74) is 0.386. The monoisotopic (exact) mass is 594 g/mol. The Hall–Kier alpha value is -2.88. The van der Waals surface area contributed by atoms with Crippen LogP contribution in [0.4, 0.5) is 32.8 Å². The number of nitrogens with one attached hydrogen (secondary N) is 2. The molecule has 2 aromatic heterocycles. The maximum absolute atomic E-state index is 13.4. The van der Waals surface area contributed by atoms with Crippen molar-refractivity contribution < 1.29 is 39.9 Å². The van der Waals surface area contributed by atoms with Crippen LogP contribution >= 0.6 is 11.3 Å². The van der Waals surface area contributed by atoms with Gasteiger partial charge in [0.05, 0.1) is 12.1 Å². The zero-order chi connectivity index (χ0) is 28.1. The van der Waals surface area contributed by atoms with Gasteiger partial charge in [-0.1, -0.05) is 0 Å². The van der Waals surface area contributed by atoms with Crippen molar-refractivity contribution in [2.24, 2.45) is 23.0 Å². The molecule has 1 unspecified atom stereocenters. The predicted molar refractivity (Wildman–Crippen MR) is 129 cm³/mol. The topological polar surface area (TPSA) is 127 Å². The molecule has 2 saturated carbocycles. The van der Waals surface area contributed by atoms with Crippen LogP contribution in [0.5, 0.6) is 5.88 Å². The second kappa shape index (κ2) is 10.3. The van der Waals surface area contributed by atoms with Gasteiger partial charge in [-0.05, 0) is 37.7 Å². The first-order valence-corrected chi connectivity index (χ1v) is 14.3. The lowest BCUT2D eigenvalue weighted by Crippen LogP contribution is -2.45. The second-order valence-corrected chi connectivity index (χ2v) is 12.4. The van der Waals surface area contributed by atoms with Crippen molar-refractivity contribution in [2.75, 3.05) is 5.32 Å². The Kier molecular flexibility index (Phi) is 7.28. The van der Waals surface area contributed by atoms with Crippen molar-refractivity contribution in [1.29, 1.82) is 0 Å². The summed E-state index contributed by atoms with van der Waals surface area (Å²) in [7, 11) is -2.77.